The van der Waals surface area contributed by atoms with E-state index in [-0.39, 0.29) is 11.9 Å². The number of carboxylic acids is 1. The molecule has 0 aromatic heterocycles. The molecule has 2 rings (SSSR count). The molecule has 0 aliphatic carbocycles. The Morgan fingerprint density at radius 1 is 1.36 bits per heavy atom. The number of carbonyl (C=O) groups excluding carboxylic acids is 2. The average molecular weight is 348 g/mol. The van der Waals surface area contributed by atoms with Crippen LogP contribution in [0.3, 0.4) is 0 Å². The second-order valence-corrected chi connectivity index (χ2v) is 6.28. The van der Waals surface area contributed by atoms with Crippen LogP contribution in [0, 0.1) is 0 Å². The van der Waals surface area contributed by atoms with Crippen molar-refractivity contribution >= 4 is 17.8 Å². The van der Waals surface area contributed by atoms with E-state index in [2.05, 4.69) is 5.32 Å². The SMILES string of the molecule is CC(NC(=O)c1cccc(OCC(=O)O)c1)C(=O)N1CCCCC1C. The standard InChI is InChI=1S/C18H24N2O5/c1-12-6-3-4-9-20(12)18(24)13(2)19-17(23)14-7-5-8-15(10-14)25-11-16(21)22/h5,7-8,10,12-13H,3-4,6,9,11H2,1-2H3,(H,19,23)(H,21,22). The summed E-state index contributed by atoms with van der Waals surface area (Å²) < 4.78 is 5.07. The van der Waals surface area contributed by atoms with E-state index in [0.29, 0.717) is 11.3 Å². The first-order valence-corrected chi connectivity index (χ1v) is 8.44. The van der Waals surface area contributed by atoms with Crippen LogP contribution in [0.25, 0.3) is 0 Å². The molecule has 1 aliphatic heterocycles. The summed E-state index contributed by atoms with van der Waals surface area (Å²) in [5.74, 6) is -1.28. The van der Waals surface area contributed by atoms with Crippen molar-refractivity contribution < 1.29 is 24.2 Å². The number of nitrogens with one attached hydrogen (secondary N) is 1. The summed E-state index contributed by atoms with van der Waals surface area (Å²) in [6.07, 6.45) is 3.09. The number of nitrogens with zero attached hydrogens (tertiary/aromatic N) is 1. The predicted octanol–water partition coefficient (Wildman–Crippen LogP) is 1.67. The molecule has 1 aromatic carbocycles. The number of hydrogen-bond donors (Lipinski definition) is 2. The van der Waals surface area contributed by atoms with E-state index in [0.717, 1.165) is 25.8 Å². The van der Waals surface area contributed by atoms with E-state index in [1.54, 1.807) is 25.1 Å². The summed E-state index contributed by atoms with van der Waals surface area (Å²) in [6, 6.07) is 5.78. The van der Waals surface area contributed by atoms with E-state index in [4.69, 9.17) is 9.84 Å². The number of rotatable bonds is 6. The topological polar surface area (TPSA) is 95.9 Å². The van der Waals surface area contributed by atoms with Crippen LogP contribution in [0.15, 0.2) is 24.3 Å². The minimum atomic E-state index is -1.09. The summed E-state index contributed by atoms with van der Waals surface area (Å²) in [4.78, 5) is 37.3. The lowest BCUT2D eigenvalue weighted by molar-refractivity contribution is -0.139. The van der Waals surface area contributed by atoms with Gasteiger partial charge in [0.05, 0.1) is 0 Å². The first-order valence-electron chi connectivity index (χ1n) is 8.44. The zero-order chi connectivity index (χ0) is 18.4. The highest BCUT2D eigenvalue weighted by molar-refractivity contribution is 5.97. The molecule has 0 saturated carbocycles. The molecular weight excluding hydrogens is 324 g/mol. The number of piperidine rings is 1. The Morgan fingerprint density at radius 2 is 2.12 bits per heavy atom. The van der Waals surface area contributed by atoms with Gasteiger partial charge in [0.1, 0.15) is 11.8 Å². The summed E-state index contributed by atoms with van der Waals surface area (Å²) >= 11 is 0. The number of amides is 2. The van der Waals surface area contributed by atoms with E-state index < -0.39 is 24.5 Å². The van der Waals surface area contributed by atoms with Gasteiger partial charge in [-0.3, -0.25) is 9.59 Å². The third kappa shape index (κ3) is 5.20. The lowest BCUT2D eigenvalue weighted by Gasteiger charge is -2.35. The zero-order valence-corrected chi connectivity index (χ0v) is 14.5. The van der Waals surface area contributed by atoms with Crippen molar-refractivity contribution in [3.63, 3.8) is 0 Å². The van der Waals surface area contributed by atoms with Gasteiger partial charge in [0, 0.05) is 18.2 Å². The van der Waals surface area contributed by atoms with Crippen LogP contribution in [0.4, 0.5) is 0 Å². The predicted molar refractivity (Wildman–Crippen MR) is 91.5 cm³/mol. The van der Waals surface area contributed by atoms with Crippen molar-refractivity contribution in [1.82, 2.24) is 10.2 Å². The summed E-state index contributed by atoms with van der Waals surface area (Å²) in [5.41, 5.74) is 0.314. The highest BCUT2D eigenvalue weighted by Gasteiger charge is 2.27. The lowest BCUT2D eigenvalue weighted by atomic mass is 10.0. The molecule has 0 spiro atoms. The van der Waals surface area contributed by atoms with Gasteiger partial charge in [-0.25, -0.2) is 4.79 Å². The van der Waals surface area contributed by atoms with Crippen LogP contribution in [0.2, 0.25) is 0 Å². The van der Waals surface area contributed by atoms with Crippen molar-refractivity contribution in [2.75, 3.05) is 13.2 Å². The van der Waals surface area contributed by atoms with E-state index in [1.165, 1.54) is 6.07 Å². The zero-order valence-electron chi connectivity index (χ0n) is 14.5. The molecule has 2 N–H and O–H groups in total. The third-order valence-corrected chi connectivity index (χ3v) is 4.26. The van der Waals surface area contributed by atoms with Gasteiger partial charge in [-0.1, -0.05) is 6.07 Å². The number of likely N-dealkylation sites (tertiary alicyclic amines) is 1. The van der Waals surface area contributed by atoms with Gasteiger partial charge in [0.2, 0.25) is 5.91 Å². The van der Waals surface area contributed by atoms with Crippen LogP contribution in [0.1, 0.15) is 43.5 Å². The number of aliphatic carboxylic acids is 1. The van der Waals surface area contributed by atoms with Gasteiger partial charge >= 0.3 is 5.97 Å². The Labute approximate surface area is 147 Å². The van der Waals surface area contributed by atoms with Gasteiger partial charge in [-0.05, 0) is 51.3 Å². The molecule has 0 radical (unpaired) electrons. The monoisotopic (exact) mass is 348 g/mol. The first-order chi connectivity index (χ1) is 11.9. The summed E-state index contributed by atoms with van der Waals surface area (Å²) in [5, 5.41) is 11.3. The van der Waals surface area contributed by atoms with Crippen molar-refractivity contribution in [3.8, 4) is 5.75 Å². The van der Waals surface area contributed by atoms with Crippen LogP contribution in [-0.2, 0) is 9.59 Å². The molecule has 2 unspecified atom stereocenters. The maximum atomic E-state index is 12.5. The summed E-state index contributed by atoms with van der Waals surface area (Å²) in [6.45, 7) is 3.94. The molecule has 1 heterocycles. The average Bonchev–Trinajstić information content (AvgIpc) is 2.60. The molecular formula is C18H24N2O5. The molecule has 25 heavy (non-hydrogen) atoms. The van der Waals surface area contributed by atoms with Crippen LogP contribution >= 0.6 is 0 Å². The minimum Gasteiger partial charge on any atom is -0.482 e. The highest BCUT2D eigenvalue weighted by Crippen LogP contribution is 2.18. The van der Waals surface area contributed by atoms with Gasteiger partial charge in [0.15, 0.2) is 6.61 Å². The van der Waals surface area contributed by atoms with Crippen LogP contribution in [0.5, 0.6) is 5.75 Å². The van der Waals surface area contributed by atoms with Crippen molar-refractivity contribution in [3.05, 3.63) is 29.8 Å². The Kier molecular flexibility index (Phi) is 6.38. The Bertz CT molecular complexity index is 646. The van der Waals surface area contributed by atoms with E-state index >= 15 is 0 Å². The maximum Gasteiger partial charge on any atom is 0.341 e. The molecule has 1 aromatic rings. The molecule has 1 saturated heterocycles. The second-order valence-electron chi connectivity index (χ2n) is 6.28. The highest BCUT2D eigenvalue weighted by atomic mass is 16.5. The van der Waals surface area contributed by atoms with Crippen molar-refractivity contribution in [2.24, 2.45) is 0 Å². The maximum absolute atomic E-state index is 12.5. The van der Waals surface area contributed by atoms with Crippen molar-refractivity contribution in [1.29, 1.82) is 0 Å². The molecule has 0 bridgehead atoms. The number of benzene rings is 1. The van der Waals surface area contributed by atoms with Gasteiger partial charge in [0.25, 0.3) is 5.91 Å². The smallest absolute Gasteiger partial charge is 0.341 e. The quantitative estimate of drug-likeness (QED) is 0.815. The second kappa shape index (κ2) is 8.50. The molecule has 1 fully saturated rings. The molecule has 136 valence electrons. The molecule has 7 heteroatoms. The van der Waals surface area contributed by atoms with E-state index in [9.17, 15) is 14.4 Å². The molecule has 7 nitrogen and oxygen atoms in total. The first kappa shape index (κ1) is 18.8. The van der Waals surface area contributed by atoms with Crippen molar-refractivity contribution in [2.45, 2.75) is 45.2 Å². The van der Waals surface area contributed by atoms with E-state index in [1.807, 2.05) is 11.8 Å². The fourth-order valence-electron chi connectivity index (χ4n) is 2.89. The number of carbonyl (C=O) groups is 3. The normalized spacial score (nSPS) is 18.3. The number of ether oxygens (including phenoxy) is 1. The molecule has 2 atom stereocenters. The molecule has 1 aliphatic rings. The van der Waals surface area contributed by atoms with Crippen LogP contribution in [-0.4, -0.2) is 53.0 Å². The Balaban J connectivity index is 1.97. The largest absolute Gasteiger partial charge is 0.482 e. The fourth-order valence-corrected chi connectivity index (χ4v) is 2.89. The minimum absolute atomic E-state index is 0.0844. The lowest BCUT2D eigenvalue weighted by Crippen LogP contribution is -2.51. The summed E-state index contributed by atoms with van der Waals surface area (Å²) in [7, 11) is 0. The fraction of sp³-hybridized carbons (Fsp3) is 0.500. The van der Waals surface area contributed by atoms with Crippen LogP contribution < -0.4 is 10.1 Å². The Morgan fingerprint density at radius 3 is 2.80 bits per heavy atom. The van der Waals surface area contributed by atoms with Gasteiger partial charge in [-0.15, -0.1) is 0 Å². The van der Waals surface area contributed by atoms with Gasteiger partial charge in [-0.2, -0.15) is 0 Å². The Hall–Kier alpha value is -2.57. The third-order valence-electron chi connectivity index (χ3n) is 4.26. The van der Waals surface area contributed by atoms with Gasteiger partial charge < -0.3 is 20.1 Å². The number of hydrogen-bond acceptors (Lipinski definition) is 4. The molecule has 2 amide bonds. The number of carboxylic acid groups (broad SMARTS) is 1.